The molecular weight excluding hydrogens is 374 g/mol. The smallest absolute Gasteiger partial charge is 0.413 e. The predicted molar refractivity (Wildman–Crippen MR) is 110 cm³/mol. The average Bonchev–Trinajstić information content (AvgIpc) is 2.79. The quantitative estimate of drug-likeness (QED) is 0.452. The van der Waals surface area contributed by atoms with E-state index in [-0.39, 0.29) is 24.7 Å². The van der Waals surface area contributed by atoms with Crippen molar-refractivity contribution in [2.45, 2.75) is 78.9 Å². The second-order valence-corrected chi connectivity index (χ2v) is 8.91. The molecule has 0 radical (unpaired) electrons. The average molecular weight is 408 g/mol. The lowest BCUT2D eigenvalue weighted by molar-refractivity contribution is -0.0760. The summed E-state index contributed by atoms with van der Waals surface area (Å²) in [5.74, 6) is 5.52. The van der Waals surface area contributed by atoms with Gasteiger partial charge >= 0.3 is 6.09 Å². The van der Waals surface area contributed by atoms with Crippen LogP contribution < -0.4 is 16.0 Å². The second kappa shape index (κ2) is 8.20. The molecule has 1 aliphatic heterocycles. The summed E-state index contributed by atoms with van der Waals surface area (Å²) in [7, 11) is 0. The minimum atomic E-state index is -0.817. The summed E-state index contributed by atoms with van der Waals surface area (Å²) in [6, 6.07) is 3.11. The normalized spacial score (nSPS) is 21.1. The maximum Gasteiger partial charge on any atom is 0.413 e. The van der Waals surface area contributed by atoms with Crippen molar-refractivity contribution in [3.8, 4) is 5.75 Å². The first-order chi connectivity index (χ1) is 13.3. The van der Waals surface area contributed by atoms with Crippen LogP contribution in [0.5, 0.6) is 5.75 Å². The minimum absolute atomic E-state index is 0.230. The lowest BCUT2D eigenvalue weighted by atomic mass is 10.1. The molecule has 1 fully saturated rings. The maximum absolute atomic E-state index is 12.8. The number of aryl methyl sites for hydroxylation is 2. The Morgan fingerprint density at radius 2 is 1.79 bits per heavy atom. The number of amides is 2. The van der Waals surface area contributed by atoms with Gasteiger partial charge in [-0.05, 0) is 78.6 Å². The molecule has 1 aliphatic rings. The molecule has 0 saturated carbocycles. The molecule has 162 valence electrons. The molecule has 1 aromatic carbocycles. The number of carbonyl (C=O) groups is 2. The van der Waals surface area contributed by atoms with Gasteiger partial charge in [0, 0.05) is 5.56 Å². The van der Waals surface area contributed by atoms with Gasteiger partial charge in [0.2, 0.25) is 0 Å². The van der Waals surface area contributed by atoms with Crippen LogP contribution in [-0.4, -0.2) is 47.0 Å². The first-order valence-electron chi connectivity index (χ1n) is 9.72. The number of hydrogen-bond acceptors (Lipinski definition) is 6. The molecule has 1 aromatic rings. The van der Waals surface area contributed by atoms with Crippen molar-refractivity contribution in [3.63, 3.8) is 0 Å². The number of nitrogens with zero attached hydrogens (tertiary/aromatic N) is 1. The van der Waals surface area contributed by atoms with E-state index in [0.29, 0.717) is 11.3 Å². The third kappa shape index (κ3) is 5.19. The highest BCUT2D eigenvalue weighted by Crippen LogP contribution is 2.34. The largest absolute Gasteiger partial charge is 0.491 e. The van der Waals surface area contributed by atoms with Crippen LogP contribution in [0.2, 0.25) is 0 Å². The monoisotopic (exact) mass is 407 g/mol. The molecule has 2 atom stereocenters. The van der Waals surface area contributed by atoms with E-state index in [1.165, 1.54) is 0 Å². The molecule has 3 N–H and O–H groups in total. The fourth-order valence-corrected chi connectivity index (χ4v) is 3.64. The van der Waals surface area contributed by atoms with Crippen LogP contribution in [0.3, 0.4) is 0 Å². The number of hydrogen-bond donors (Lipinski definition) is 2. The standard InChI is InChI=1S/C21H33N3O5/c1-12-9-15(18(25)23-22)10-13(2)17(12)27-11-16-14(3)28-21(7,8)24(16)19(26)29-20(4,5)6/h9-10,14,16H,11,22H2,1-8H3,(H,23,25). The van der Waals surface area contributed by atoms with Crippen molar-refractivity contribution in [1.82, 2.24) is 10.3 Å². The number of nitrogens with one attached hydrogen (secondary N) is 1. The van der Waals surface area contributed by atoms with Gasteiger partial charge in [0.1, 0.15) is 23.7 Å². The van der Waals surface area contributed by atoms with Gasteiger partial charge in [-0.25, -0.2) is 10.6 Å². The SMILES string of the molecule is Cc1cc(C(=O)NN)cc(C)c1OCC1C(C)OC(C)(C)N1C(=O)OC(C)(C)C. The molecule has 8 nitrogen and oxygen atoms in total. The minimum Gasteiger partial charge on any atom is -0.491 e. The molecule has 2 amide bonds. The fraction of sp³-hybridized carbons (Fsp3) is 0.619. The van der Waals surface area contributed by atoms with E-state index in [1.807, 2.05) is 55.4 Å². The second-order valence-electron chi connectivity index (χ2n) is 8.91. The molecule has 1 saturated heterocycles. The molecule has 2 unspecified atom stereocenters. The van der Waals surface area contributed by atoms with Gasteiger partial charge in [0.15, 0.2) is 0 Å². The van der Waals surface area contributed by atoms with E-state index in [4.69, 9.17) is 20.1 Å². The Morgan fingerprint density at radius 3 is 2.28 bits per heavy atom. The van der Waals surface area contributed by atoms with Crippen LogP contribution >= 0.6 is 0 Å². The highest BCUT2D eigenvalue weighted by atomic mass is 16.6. The van der Waals surface area contributed by atoms with Crippen molar-refractivity contribution in [2.24, 2.45) is 5.84 Å². The van der Waals surface area contributed by atoms with Gasteiger partial charge in [0.05, 0.1) is 12.1 Å². The Balaban J connectivity index is 2.23. The Kier molecular flexibility index (Phi) is 6.49. The Hall–Kier alpha value is -2.32. The van der Waals surface area contributed by atoms with E-state index >= 15 is 0 Å². The van der Waals surface area contributed by atoms with E-state index in [9.17, 15) is 9.59 Å². The topological polar surface area (TPSA) is 103 Å². The number of ether oxygens (including phenoxy) is 3. The van der Waals surface area contributed by atoms with Crippen LogP contribution in [0, 0.1) is 13.8 Å². The third-order valence-electron chi connectivity index (χ3n) is 4.77. The molecule has 0 aliphatic carbocycles. The van der Waals surface area contributed by atoms with Crippen molar-refractivity contribution in [2.75, 3.05) is 6.61 Å². The molecule has 0 spiro atoms. The molecule has 8 heteroatoms. The zero-order chi connectivity index (χ0) is 22.1. The van der Waals surface area contributed by atoms with Gasteiger partial charge in [-0.3, -0.25) is 15.1 Å². The lowest BCUT2D eigenvalue weighted by Gasteiger charge is -2.35. The number of nitrogen functional groups attached to an aromatic ring is 1. The number of nitrogens with two attached hydrogens (primary N) is 1. The number of carbonyl (C=O) groups excluding carboxylic acids is 2. The van der Waals surface area contributed by atoms with Crippen LogP contribution in [-0.2, 0) is 9.47 Å². The Morgan fingerprint density at radius 1 is 1.24 bits per heavy atom. The molecule has 29 heavy (non-hydrogen) atoms. The highest BCUT2D eigenvalue weighted by molar-refractivity contribution is 5.94. The van der Waals surface area contributed by atoms with Crippen molar-refractivity contribution in [1.29, 1.82) is 0 Å². The Bertz CT molecular complexity index is 762. The van der Waals surface area contributed by atoms with Crippen molar-refractivity contribution >= 4 is 12.0 Å². The summed E-state index contributed by atoms with van der Waals surface area (Å²) < 4.78 is 17.7. The predicted octanol–water partition coefficient (Wildman–Crippen LogP) is 3.05. The zero-order valence-electron chi connectivity index (χ0n) is 18.6. The van der Waals surface area contributed by atoms with E-state index in [1.54, 1.807) is 17.0 Å². The van der Waals surface area contributed by atoms with Crippen molar-refractivity contribution < 1.29 is 23.8 Å². The molecule has 0 aromatic heterocycles. The summed E-state index contributed by atoms with van der Waals surface area (Å²) in [6.07, 6.45) is -0.677. The molecule has 2 rings (SSSR count). The van der Waals surface area contributed by atoms with Gasteiger partial charge in [0.25, 0.3) is 5.91 Å². The maximum atomic E-state index is 12.8. The summed E-state index contributed by atoms with van der Waals surface area (Å²) in [5.41, 5.74) is 2.77. The highest BCUT2D eigenvalue weighted by Gasteiger charge is 2.50. The van der Waals surface area contributed by atoms with Crippen LogP contribution in [0.25, 0.3) is 0 Å². The number of benzene rings is 1. The van der Waals surface area contributed by atoms with Gasteiger partial charge < -0.3 is 14.2 Å². The summed E-state index contributed by atoms with van der Waals surface area (Å²) in [6.45, 7) is 15.0. The zero-order valence-corrected chi connectivity index (χ0v) is 18.6. The van der Waals surface area contributed by atoms with Gasteiger partial charge in [-0.2, -0.15) is 0 Å². The third-order valence-corrected chi connectivity index (χ3v) is 4.77. The molecule has 1 heterocycles. The van der Waals surface area contributed by atoms with Crippen molar-refractivity contribution in [3.05, 3.63) is 28.8 Å². The summed E-state index contributed by atoms with van der Waals surface area (Å²) in [4.78, 5) is 26.2. The van der Waals surface area contributed by atoms with Gasteiger partial charge in [-0.15, -0.1) is 0 Å². The summed E-state index contributed by atoms with van der Waals surface area (Å²) in [5, 5.41) is 0. The number of rotatable bonds is 4. The molecular formula is C21H33N3O5. The van der Waals surface area contributed by atoms with Crippen LogP contribution in [0.1, 0.15) is 63.0 Å². The van der Waals surface area contributed by atoms with E-state index < -0.39 is 17.4 Å². The fourth-order valence-electron chi connectivity index (χ4n) is 3.64. The summed E-state index contributed by atoms with van der Waals surface area (Å²) >= 11 is 0. The molecule has 0 bridgehead atoms. The van der Waals surface area contributed by atoms with E-state index in [2.05, 4.69) is 5.43 Å². The Labute approximate surface area is 172 Å². The van der Waals surface area contributed by atoms with Crippen LogP contribution in [0.15, 0.2) is 12.1 Å². The number of hydrazine groups is 1. The lowest BCUT2D eigenvalue weighted by Crippen LogP contribution is -2.52. The first kappa shape index (κ1) is 23.0. The van der Waals surface area contributed by atoms with Gasteiger partial charge in [-0.1, -0.05) is 0 Å². The van der Waals surface area contributed by atoms with E-state index in [0.717, 1.165) is 11.1 Å². The van der Waals surface area contributed by atoms with Crippen LogP contribution in [0.4, 0.5) is 4.79 Å². The first-order valence-corrected chi connectivity index (χ1v) is 9.72.